The van der Waals surface area contributed by atoms with Crippen LogP contribution in [0.2, 0.25) is 0 Å². The number of hydrogen-bond acceptors (Lipinski definition) is 4. The summed E-state index contributed by atoms with van der Waals surface area (Å²) in [5.74, 6) is -1.66. The molecule has 0 spiro atoms. The predicted octanol–water partition coefficient (Wildman–Crippen LogP) is 4.85. The van der Waals surface area contributed by atoms with Gasteiger partial charge in [0.1, 0.15) is 17.3 Å². The normalized spacial score (nSPS) is 17.7. The zero-order valence-electron chi connectivity index (χ0n) is 16.8. The molecule has 0 bridgehead atoms. The molecule has 1 aliphatic rings. The number of nitrogens with zero attached hydrogens (tertiary/aromatic N) is 1. The van der Waals surface area contributed by atoms with Gasteiger partial charge in [0.2, 0.25) is 0 Å². The molecule has 0 aromatic heterocycles. The first-order valence-corrected chi connectivity index (χ1v) is 9.86. The molecular weight excluding hydrogens is 397 g/mol. The fourth-order valence-corrected chi connectivity index (χ4v) is 3.68. The Labute approximate surface area is 179 Å². The Hall–Kier alpha value is -3.93. The summed E-state index contributed by atoms with van der Waals surface area (Å²) in [6, 6.07) is 19.9. The zero-order chi connectivity index (χ0) is 22.0. The molecule has 5 nitrogen and oxygen atoms in total. The number of amides is 1. The second kappa shape index (κ2) is 8.44. The topological polar surface area (TPSA) is 66.8 Å². The van der Waals surface area contributed by atoms with Gasteiger partial charge in [-0.2, -0.15) is 0 Å². The lowest BCUT2D eigenvalue weighted by atomic mass is 9.95. The van der Waals surface area contributed by atoms with Gasteiger partial charge in [-0.15, -0.1) is 0 Å². The highest BCUT2D eigenvalue weighted by atomic mass is 19.1. The number of halogens is 1. The summed E-state index contributed by atoms with van der Waals surface area (Å²) in [7, 11) is 0. The lowest BCUT2D eigenvalue weighted by Crippen LogP contribution is -2.29. The zero-order valence-corrected chi connectivity index (χ0v) is 16.8. The Morgan fingerprint density at radius 3 is 2.23 bits per heavy atom. The van der Waals surface area contributed by atoms with Crippen molar-refractivity contribution in [1.29, 1.82) is 0 Å². The molecule has 156 valence electrons. The van der Waals surface area contributed by atoms with Gasteiger partial charge in [-0.3, -0.25) is 14.5 Å². The maximum atomic E-state index is 13.6. The number of hydrogen-bond donors (Lipinski definition) is 1. The highest BCUT2D eigenvalue weighted by Gasteiger charge is 2.46. The van der Waals surface area contributed by atoms with Crippen LogP contribution in [0, 0.1) is 5.82 Å². The van der Waals surface area contributed by atoms with Crippen molar-refractivity contribution in [2.24, 2.45) is 0 Å². The quantitative estimate of drug-likeness (QED) is 0.366. The first-order chi connectivity index (χ1) is 15.0. The van der Waals surface area contributed by atoms with E-state index in [0.29, 0.717) is 29.2 Å². The van der Waals surface area contributed by atoms with Gasteiger partial charge in [0.15, 0.2) is 0 Å². The van der Waals surface area contributed by atoms with Crippen LogP contribution in [0.25, 0.3) is 5.76 Å². The third-order valence-electron chi connectivity index (χ3n) is 5.10. The highest BCUT2D eigenvalue weighted by molar-refractivity contribution is 6.51. The van der Waals surface area contributed by atoms with Crippen molar-refractivity contribution < 1.29 is 23.8 Å². The van der Waals surface area contributed by atoms with E-state index >= 15 is 0 Å². The van der Waals surface area contributed by atoms with Crippen LogP contribution < -0.4 is 9.64 Å². The molecule has 1 atom stereocenters. The van der Waals surface area contributed by atoms with Crippen LogP contribution >= 0.6 is 0 Å². The number of carbonyl (C=O) groups excluding carboxylic acids is 2. The first-order valence-electron chi connectivity index (χ1n) is 9.86. The van der Waals surface area contributed by atoms with E-state index < -0.39 is 23.5 Å². The van der Waals surface area contributed by atoms with E-state index in [1.165, 1.54) is 29.2 Å². The molecular formula is C25H20FNO4. The van der Waals surface area contributed by atoms with Gasteiger partial charge < -0.3 is 9.84 Å². The summed E-state index contributed by atoms with van der Waals surface area (Å²) >= 11 is 0. The van der Waals surface area contributed by atoms with Gasteiger partial charge >= 0.3 is 0 Å². The van der Waals surface area contributed by atoms with Crippen molar-refractivity contribution in [2.45, 2.75) is 13.0 Å². The largest absolute Gasteiger partial charge is 0.507 e. The molecule has 0 saturated carbocycles. The second-order valence-corrected chi connectivity index (χ2v) is 7.01. The maximum absolute atomic E-state index is 13.6. The van der Waals surface area contributed by atoms with Gasteiger partial charge in [0.25, 0.3) is 11.7 Å². The maximum Gasteiger partial charge on any atom is 0.300 e. The molecule has 0 radical (unpaired) electrons. The number of aliphatic hydroxyl groups is 1. The summed E-state index contributed by atoms with van der Waals surface area (Å²) in [6.45, 7) is 2.36. The van der Waals surface area contributed by atoms with E-state index in [1.54, 1.807) is 54.6 Å². The van der Waals surface area contributed by atoms with Gasteiger partial charge in [0, 0.05) is 11.3 Å². The standard InChI is InChI=1S/C25H20FNO4/c1-2-31-20-14-12-19(13-15-20)27-22(16-8-10-18(26)11-9-16)21(24(29)25(27)30)23(28)17-6-4-3-5-7-17/h3-15,22,28H,2H2,1H3/t22-/m0/s1. The molecule has 1 saturated heterocycles. The van der Waals surface area contributed by atoms with E-state index in [1.807, 2.05) is 6.92 Å². The third kappa shape index (κ3) is 3.80. The molecule has 4 rings (SSSR count). The summed E-state index contributed by atoms with van der Waals surface area (Å²) in [6.07, 6.45) is 0. The number of rotatable bonds is 5. The van der Waals surface area contributed by atoms with Gasteiger partial charge in [-0.25, -0.2) is 4.39 Å². The van der Waals surface area contributed by atoms with E-state index in [9.17, 15) is 19.1 Å². The number of carbonyl (C=O) groups is 2. The third-order valence-corrected chi connectivity index (χ3v) is 5.10. The molecule has 0 unspecified atom stereocenters. The molecule has 0 aliphatic carbocycles. The van der Waals surface area contributed by atoms with Gasteiger partial charge in [0.05, 0.1) is 18.2 Å². The van der Waals surface area contributed by atoms with Crippen LogP contribution in [0.15, 0.2) is 84.4 Å². The van der Waals surface area contributed by atoms with Crippen molar-refractivity contribution in [1.82, 2.24) is 0 Å². The second-order valence-electron chi connectivity index (χ2n) is 7.01. The number of aliphatic hydroxyl groups excluding tert-OH is 1. The highest BCUT2D eigenvalue weighted by Crippen LogP contribution is 2.42. The lowest BCUT2D eigenvalue weighted by Gasteiger charge is -2.25. The Kier molecular flexibility index (Phi) is 5.54. The lowest BCUT2D eigenvalue weighted by molar-refractivity contribution is -0.132. The minimum absolute atomic E-state index is 0.0447. The summed E-state index contributed by atoms with van der Waals surface area (Å²) in [5.41, 5.74) is 1.34. The summed E-state index contributed by atoms with van der Waals surface area (Å²) < 4.78 is 19.0. The van der Waals surface area contributed by atoms with Crippen LogP contribution in [-0.4, -0.2) is 23.4 Å². The summed E-state index contributed by atoms with van der Waals surface area (Å²) in [4.78, 5) is 27.4. The van der Waals surface area contributed by atoms with E-state index in [2.05, 4.69) is 0 Å². The van der Waals surface area contributed by atoms with Crippen LogP contribution in [0.5, 0.6) is 5.75 Å². The number of Topliss-reactive ketones (excluding diaryl/α,β-unsaturated/α-hetero) is 1. The number of benzene rings is 3. The molecule has 1 amide bonds. The van der Waals surface area contributed by atoms with Crippen LogP contribution in [0.4, 0.5) is 10.1 Å². The Morgan fingerprint density at radius 2 is 1.61 bits per heavy atom. The van der Waals surface area contributed by atoms with Crippen molar-refractivity contribution in [2.75, 3.05) is 11.5 Å². The Bertz CT molecular complexity index is 1140. The molecule has 1 fully saturated rings. The van der Waals surface area contributed by atoms with E-state index in [4.69, 9.17) is 4.74 Å². The molecule has 1 heterocycles. The minimum Gasteiger partial charge on any atom is -0.507 e. The van der Waals surface area contributed by atoms with E-state index in [0.717, 1.165) is 0 Å². The molecule has 3 aromatic rings. The average Bonchev–Trinajstić information content (AvgIpc) is 3.06. The molecule has 3 aromatic carbocycles. The summed E-state index contributed by atoms with van der Waals surface area (Å²) in [5, 5.41) is 11.0. The fraction of sp³-hybridized carbons (Fsp3) is 0.120. The molecule has 1 aliphatic heterocycles. The fourth-order valence-electron chi connectivity index (χ4n) is 3.68. The van der Waals surface area contributed by atoms with Gasteiger partial charge in [-0.1, -0.05) is 42.5 Å². The average molecular weight is 417 g/mol. The molecule has 6 heteroatoms. The van der Waals surface area contributed by atoms with Gasteiger partial charge in [-0.05, 0) is 48.9 Å². The van der Waals surface area contributed by atoms with Crippen molar-refractivity contribution in [3.8, 4) is 5.75 Å². The monoisotopic (exact) mass is 417 g/mol. The van der Waals surface area contributed by atoms with Crippen molar-refractivity contribution >= 4 is 23.1 Å². The Morgan fingerprint density at radius 1 is 0.968 bits per heavy atom. The minimum atomic E-state index is -0.904. The van der Waals surface area contributed by atoms with E-state index in [-0.39, 0.29) is 11.3 Å². The van der Waals surface area contributed by atoms with Crippen molar-refractivity contribution in [3.63, 3.8) is 0 Å². The predicted molar refractivity (Wildman–Crippen MR) is 115 cm³/mol. The number of ketones is 1. The molecule has 31 heavy (non-hydrogen) atoms. The van der Waals surface area contributed by atoms with Crippen LogP contribution in [0.3, 0.4) is 0 Å². The van der Waals surface area contributed by atoms with Crippen LogP contribution in [-0.2, 0) is 9.59 Å². The number of anilines is 1. The number of ether oxygens (including phenoxy) is 1. The smallest absolute Gasteiger partial charge is 0.300 e. The molecule has 1 N–H and O–H groups in total. The Balaban J connectivity index is 1.88. The SMILES string of the molecule is CCOc1ccc(N2C(=O)C(=O)C(=C(O)c3ccccc3)[C@@H]2c2ccc(F)cc2)cc1. The van der Waals surface area contributed by atoms with Crippen molar-refractivity contribution in [3.05, 3.63) is 101 Å². The first kappa shape index (κ1) is 20.3. The van der Waals surface area contributed by atoms with Crippen LogP contribution in [0.1, 0.15) is 24.1 Å².